The molecular weight excluding hydrogens is 274 g/mol. The van der Waals surface area contributed by atoms with Gasteiger partial charge in [-0.3, -0.25) is 9.52 Å². The maximum Gasteiger partial charge on any atom is 0.269 e. The average Bonchev–Trinajstić information content (AvgIpc) is 2.47. The Morgan fingerprint density at radius 3 is 2.40 bits per heavy atom. The molecule has 0 aliphatic heterocycles. The van der Waals surface area contributed by atoms with Crippen LogP contribution in [0.5, 0.6) is 5.75 Å². The Balaban J connectivity index is 1.85. The van der Waals surface area contributed by atoms with Gasteiger partial charge in [0.15, 0.2) is 17.6 Å². The van der Waals surface area contributed by atoms with Crippen LogP contribution in [0.2, 0.25) is 0 Å². The molecule has 2 rings (SSSR count). The van der Waals surface area contributed by atoms with Crippen molar-refractivity contribution in [3.05, 3.63) is 60.2 Å². The van der Waals surface area contributed by atoms with Crippen molar-refractivity contribution in [2.75, 3.05) is 6.61 Å². The highest BCUT2D eigenvalue weighted by Gasteiger charge is 2.09. The third kappa shape index (κ3) is 4.20. The molecule has 1 N–H and O–H groups in total. The summed E-state index contributed by atoms with van der Waals surface area (Å²) >= 11 is 0. The van der Waals surface area contributed by atoms with Crippen LogP contribution in [0.3, 0.4) is 0 Å². The summed E-state index contributed by atoms with van der Waals surface area (Å²) in [6.45, 7) is 1.78. The number of carbonyl (C=O) groups excluding carboxylic acids is 1. The molecule has 0 bridgehead atoms. The van der Waals surface area contributed by atoms with E-state index in [0.717, 1.165) is 5.56 Å². The molecule has 0 saturated heterocycles. The molecule has 0 aliphatic carbocycles. The number of rotatable bonds is 5. The summed E-state index contributed by atoms with van der Waals surface area (Å²) in [6, 6.07) is 16.1. The number of aryl methyl sites for hydroxylation is 1. The van der Waals surface area contributed by atoms with Gasteiger partial charge >= 0.3 is 0 Å². The van der Waals surface area contributed by atoms with Gasteiger partial charge < -0.3 is 4.74 Å². The van der Waals surface area contributed by atoms with Gasteiger partial charge in [0.2, 0.25) is 0 Å². The molecule has 20 heavy (non-hydrogen) atoms. The smallest absolute Gasteiger partial charge is 0.269 e. The molecule has 0 radical (unpaired) electrons. The maximum absolute atomic E-state index is 11.9. The number of carbonyl (C=O) groups is 1. The first-order chi connectivity index (χ1) is 9.65. The van der Waals surface area contributed by atoms with E-state index in [9.17, 15) is 9.00 Å². The highest BCUT2D eigenvalue weighted by Crippen LogP contribution is 2.08. The number of amides is 1. The van der Waals surface area contributed by atoms with Crippen LogP contribution in [0.25, 0.3) is 0 Å². The minimum Gasteiger partial charge on any atom is -0.484 e. The van der Waals surface area contributed by atoms with Gasteiger partial charge in [-0.1, -0.05) is 35.9 Å². The number of hydrogen-bond donors (Lipinski definition) is 1. The van der Waals surface area contributed by atoms with Gasteiger partial charge in [-0.2, -0.15) is 0 Å². The maximum atomic E-state index is 11.9. The molecule has 0 aromatic heterocycles. The molecule has 1 amide bonds. The summed E-state index contributed by atoms with van der Waals surface area (Å²) < 4.78 is 19.6. The van der Waals surface area contributed by atoms with Crippen molar-refractivity contribution >= 4 is 16.9 Å². The standard InChI is InChI=1S/C15H15NO3S/c1-12-7-9-14(10-8-12)20(18)16-15(17)11-19-13-5-3-2-4-6-13/h2-10H,11H2,1H3,(H,16,17). The molecule has 1 atom stereocenters. The highest BCUT2D eigenvalue weighted by atomic mass is 32.2. The SMILES string of the molecule is Cc1ccc(S(=O)NC(=O)COc2ccccc2)cc1. The van der Waals surface area contributed by atoms with Crippen molar-refractivity contribution in [2.45, 2.75) is 11.8 Å². The van der Waals surface area contributed by atoms with Crippen molar-refractivity contribution in [1.82, 2.24) is 4.72 Å². The van der Waals surface area contributed by atoms with Gasteiger partial charge in [-0.05, 0) is 31.2 Å². The largest absolute Gasteiger partial charge is 0.484 e. The third-order valence-corrected chi connectivity index (χ3v) is 3.67. The molecule has 4 nitrogen and oxygen atoms in total. The lowest BCUT2D eigenvalue weighted by atomic mass is 10.2. The van der Waals surface area contributed by atoms with Crippen molar-refractivity contribution in [1.29, 1.82) is 0 Å². The van der Waals surface area contributed by atoms with Gasteiger partial charge in [0.1, 0.15) is 5.75 Å². The second-order valence-corrected chi connectivity index (χ2v) is 5.42. The fourth-order valence-corrected chi connectivity index (χ4v) is 2.29. The van der Waals surface area contributed by atoms with E-state index in [1.807, 2.05) is 37.3 Å². The Labute approximate surface area is 120 Å². The molecule has 0 fully saturated rings. The minimum absolute atomic E-state index is 0.165. The quantitative estimate of drug-likeness (QED) is 0.918. The Morgan fingerprint density at radius 1 is 1.10 bits per heavy atom. The monoisotopic (exact) mass is 289 g/mol. The molecule has 0 saturated carbocycles. The molecule has 0 aliphatic rings. The first-order valence-corrected chi connectivity index (χ1v) is 7.26. The van der Waals surface area contributed by atoms with Crippen LogP contribution in [-0.2, 0) is 15.8 Å². The van der Waals surface area contributed by atoms with Crippen molar-refractivity contribution < 1.29 is 13.7 Å². The Bertz CT molecular complexity index is 596. The lowest BCUT2D eigenvalue weighted by molar-refractivity contribution is -0.121. The zero-order valence-corrected chi connectivity index (χ0v) is 11.9. The fraction of sp³-hybridized carbons (Fsp3) is 0.133. The Kier molecular flexibility index (Phi) is 4.90. The second-order valence-electron chi connectivity index (χ2n) is 4.21. The normalized spacial score (nSPS) is 11.7. The van der Waals surface area contributed by atoms with E-state index in [4.69, 9.17) is 4.74 Å². The van der Waals surface area contributed by atoms with Gasteiger partial charge in [0.25, 0.3) is 5.91 Å². The van der Waals surface area contributed by atoms with Crippen LogP contribution in [0.1, 0.15) is 5.56 Å². The van der Waals surface area contributed by atoms with Gasteiger partial charge in [-0.25, -0.2) is 4.21 Å². The van der Waals surface area contributed by atoms with Crippen LogP contribution >= 0.6 is 0 Å². The molecule has 2 aromatic carbocycles. The van der Waals surface area contributed by atoms with Crippen molar-refractivity contribution in [3.8, 4) is 5.75 Å². The zero-order chi connectivity index (χ0) is 14.4. The number of nitrogens with one attached hydrogen (secondary N) is 1. The molecule has 104 valence electrons. The van der Waals surface area contributed by atoms with E-state index in [1.165, 1.54) is 0 Å². The molecule has 0 heterocycles. The van der Waals surface area contributed by atoms with E-state index in [2.05, 4.69) is 4.72 Å². The molecule has 1 unspecified atom stereocenters. The summed E-state index contributed by atoms with van der Waals surface area (Å²) in [6.07, 6.45) is 0. The number of benzene rings is 2. The minimum atomic E-state index is -1.56. The van der Waals surface area contributed by atoms with E-state index in [-0.39, 0.29) is 6.61 Å². The molecular formula is C15H15NO3S. The molecule has 0 spiro atoms. The number of ether oxygens (including phenoxy) is 1. The number of hydrogen-bond acceptors (Lipinski definition) is 3. The van der Waals surface area contributed by atoms with Crippen molar-refractivity contribution in [3.63, 3.8) is 0 Å². The zero-order valence-electron chi connectivity index (χ0n) is 11.0. The van der Waals surface area contributed by atoms with Crippen LogP contribution in [-0.4, -0.2) is 16.7 Å². The lowest BCUT2D eigenvalue weighted by Crippen LogP contribution is -2.30. The van der Waals surface area contributed by atoms with Crippen LogP contribution in [0, 0.1) is 6.92 Å². The van der Waals surface area contributed by atoms with Crippen molar-refractivity contribution in [2.24, 2.45) is 0 Å². The van der Waals surface area contributed by atoms with Gasteiger partial charge in [0, 0.05) is 0 Å². The summed E-state index contributed by atoms with van der Waals surface area (Å²) in [5.41, 5.74) is 1.07. The molecule has 5 heteroatoms. The summed E-state index contributed by atoms with van der Waals surface area (Å²) in [5.74, 6) is 0.177. The lowest BCUT2D eigenvalue weighted by Gasteiger charge is -2.07. The fourth-order valence-electron chi connectivity index (χ4n) is 1.52. The van der Waals surface area contributed by atoms with Gasteiger partial charge in [-0.15, -0.1) is 0 Å². The van der Waals surface area contributed by atoms with E-state index < -0.39 is 16.9 Å². The number of para-hydroxylation sites is 1. The summed E-state index contributed by atoms with van der Waals surface area (Å²) in [5, 5.41) is 0. The average molecular weight is 289 g/mol. The predicted molar refractivity (Wildman–Crippen MR) is 77.7 cm³/mol. The van der Waals surface area contributed by atoms with E-state index >= 15 is 0 Å². The van der Waals surface area contributed by atoms with Crippen LogP contribution in [0.4, 0.5) is 0 Å². The van der Waals surface area contributed by atoms with E-state index in [1.54, 1.807) is 24.3 Å². The predicted octanol–water partition coefficient (Wildman–Crippen LogP) is 2.21. The summed E-state index contributed by atoms with van der Waals surface area (Å²) in [4.78, 5) is 12.2. The third-order valence-electron chi connectivity index (χ3n) is 2.55. The second kappa shape index (κ2) is 6.86. The van der Waals surface area contributed by atoms with Gasteiger partial charge in [0.05, 0.1) is 4.90 Å². The van der Waals surface area contributed by atoms with Crippen LogP contribution in [0.15, 0.2) is 59.5 Å². The van der Waals surface area contributed by atoms with E-state index in [0.29, 0.717) is 10.6 Å². The first-order valence-electron chi connectivity index (χ1n) is 6.11. The topological polar surface area (TPSA) is 55.4 Å². The Hall–Kier alpha value is -2.14. The first kappa shape index (κ1) is 14.3. The Morgan fingerprint density at radius 2 is 1.75 bits per heavy atom. The molecule has 2 aromatic rings. The summed E-state index contributed by atoms with van der Waals surface area (Å²) in [7, 11) is -1.56. The highest BCUT2D eigenvalue weighted by molar-refractivity contribution is 7.83. The van der Waals surface area contributed by atoms with Crippen LogP contribution < -0.4 is 9.46 Å².